The lowest BCUT2D eigenvalue weighted by atomic mass is 10.2. The van der Waals surface area contributed by atoms with E-state index in [0.29, 0.717) is 18.5 Å². The summed E-state index contributed by atoms with van der Waals surface area (Å²) in [5.74, 6) is 1.33. The zero-order chi connectivity index (χ0) is 15.8. The summed E-state index contributed by atoms with van der Waals surface area (Å²) in [5, 5.41) is 9.95. The average molecular weight is 324 g/mol. The van der Waals surface area contributed by atoms with E-state index in [1.807, 2.05) is 17.8 Å². The van der Waals surface area contributed by atoms with E-state index in [0.717, 1.165) is 23.9 Å². The quantitative estimate of drug-likeness (QED) is 0.544. The third-order valence-corrected chi connectivity index (χ3v) is 4.83. The van der Waals surface area contributed by atoms with E-state index >= 15 is 0 Å². The van der Waals surface area contributed by atoms with Crippen LogP contribution in [-0.4, -0.2) is 43.0 Å². The molecule has 1 aliphatic rings. The minimum absolute atomic E-state index is 0.0900. The van der Waals surface area contributed by atoms with Crippen LogP contribution in [0.5, 0.6) is 0 Å². The lowest BCUT2D eigenvalue weighted by Crippen LogP contribution is -2.46. The van der Waals surface area contributed by atoms with Gasteiger partial charge in [-0.15, -0.1) is 0 Å². The third kappa shape index (κ3) is 5.29. The van der Waals surface area contributed by atoms with Crippen LogP contribution in [-0.2, 0) is 11.3 Å². The van der Waals surface area contributed by atoms with Crippen molar-refractivity contribution in [2.75, 3.05) is 19.8 Å². The second-order valence-corrected chi connectivity index (χ2v) is 6.43. The first-order chi connectivity index (χ1) is 10.7. The number of furan rings is 1. The Morgan fingerprint density at radius 2 is 2.32 bits per heavy atom. The average Bonchev–Trinajstić information content (AvgIpc) is 3.20. The Morgan fingerprint density at radius 3 is 2.95 bits per heavy atom. The Hall–Kier alpha value is -1.63. The van der Waals surface area contributed by atoms with Crippen LogP contribution in [0.15, 0.2) is 27.8 Å². The van der Waals surface area contributed by atoms with Gasteiger partial charge in [0.2, 0.25) is 5.91 Å². The Morgan fingerprint density at radius 1 is 1.45 bits per heavy atom. The number of hydrogen-bond acceptors (Lipinski definition) is 4. The van der Waals surface area contributed by atoms with Crippen LogP contribution < -0.4 is 16.0 Å². The second-order valence-electron chi connectivity index (χ2n) is 5.29. The minimum atomic E-state index is -0.0900. The topological polar surface area (TPSA) is 78.7 Å². The molecule has 1 amide bonds. The second kappa shape index (κ2) is 8.73. The van der Waals surface area contributed by atoms with Gasteiger partial charge >= 0.3 is 0 Å². The fraction of sp³-hybridized carbons (Fsp3) is 0.600. The number of carbonyl (C=O) groups is 1. The van der Waals surface area contributed by atoms with E-state index < -0.39 is 0 Å². The number of carbonyl (C=O) groups excluding carboxylic acids is 1. The Balaban J connectivity index is 1.66. The number of guanidine groups is 1. The molecule has 122 valence electrons. The molecule has 0 saturated heterocycles. The number of nitrogens with zero attached hydrogens (tertiary/aromatic N) is 1. The zero-order valence-electron chi connectivity index (χ0n) is 13.1. The highest BCUT2D eigenvalue weighted by Crippen LogP contribution is 2.27. The van der Waals surface area contributed by atoms with Crippen LogP contribution >= 0.6 is 11.8 Å². The molecule has 2 atom stereocenters. The molecule has 2 rings (SSSR count). The maximum atomic E-state index is 11.8. The molecule has 0 spiro atoms. The summed E-state index contributed by atoms with van der Waals surface area (Å²) in [7, 11) is 1.72. The maximum Gasteiger partial charge on any atom is 0.239 e. The molecule has 7 heteroatoms. The van der Waals surface area contributed by atoms with Crippen LogP contribution in [0, 0.1) is 0 Å². The van der Waals surface area contributed by atoms with Crippen LogP contribution in [0.3, 0.4) is 0 Å². The van der Waals surface area contributed by atoms with Gasteiger partial charge in [-0.3, -0.25) is 9.79 Å². The molecule has 0 aliphatic heterocycles. The lowest BCUT2D eigenvalue weighted by Gasteiger charge is -2.17. The summed E-state index contributed by atoms with van der Waals surface area (Å²) in [5.41, 5.74) is 0. The SMILES string of the molecule is CN=C(NCC(=O)NCc1ccco1)NC1CCC(SC)C1. The van der Waals surface area contributed by atoms with Crippen LogP contribution in [0.25, 0.3) is 0 Å². The summed E-state index contributed by atoms with van der Waals surface area (Å²) < 4.78 is 5.17. The number of thioether (sulfide) groups is 1. The predicted octanol–water partition coefficient (Wildman–Crippen LogP) is 1.34. The van der Waals surface area contributed by atoms with Crippen molar-refractivity contribution in [2.24, 2.45) is 4.99 Å². The van der Waals surface area contributed by atoms with Gasteiger partial charge < -0.3 is 20.4 Å². The molecular formula is C15H24N4O2S. The van der Waals surface area contributed by atoms with E-state index in [2.05, 4.69) is 27.2 Å². The number of amides is 1. The fourth-order valence-corrected chi connectivity index (χ4v) is 3.30. The lowest BCUT2D eigenvalue weighted by molar-refractivity contribution is -0.120. The standard InChI is InChI=1S/C15H24N4O2S/c1-16-15(19-11-5-6-13(8-11)22-2)18-10-14(20)17-9-12-4-3-7-21-12/h3-4,7,11,13H,5-6,8-10H2,1-2H3,(H,17,20)(H2,16,18,19). The van der Waals surface area contributed by atoms with Crippen LogP contribution in [0.2, 0.25) is 0 Å². The summed E-state index contributed by atoms with van der Waals surface area (Å²) in [4.78, 5) is 16.0. The van der Waals surface area contributed by atoms with Crippen molar-refractivity contribution < 1.29 is 9.21 Å². The number of nitrogens with one attached hydrogen (secondary N) is 3. The van der Waals surface area contributed by atoms with Crippen molar-refractivity contribution >= 4 is 23.6 Å². The highest BCUT2D eigenvalue weighted by molar-refractivity contribution is 7.99. The predicted molar refractivity (Wildman–Crippen MR) is 90.0 cm³/mol. The van der Waals surface area contributed by atoms with Gasteiger partial charge in [-0.05, 0) is 37.7 Å². The van der Waals surface area contributed by atoms with Crippen molar-refractivity contribution in [3.8, 4) is 0 Å². The molecule has 1 aromatic heterocycles. The third-order valence-electron chi connectivity index (χ3n) is 3.74. The van der Waals surface area contributed by atoms with Crippen molar-refractivity contribution in [3.63, 3.8) is 0 Å². The van der Waals surface area contributed by atoms with Crippen molar-refractivity contribution in [1.82, 2.24) is 16.0 Å². The zero-order valence-corrected chi connectivity index (χ0v) is 13.9. The van der Waals surface area contributed by atoms with Gasteiger partial charge in [-0.2, -0.15) is 11.8 Å². The molecule has 0 aromatic carbocycles. The highest BCUT2D eigenvalue weighted by Gasteiger charge is 2.24. The number of rotatable bonds is 6. The molecule has 1 aromatic rings. The van der Waals surface area contributed by atoms with Gasteiger partial charge in [0.1, 0.15) is 5.76 Å². The Labute approximate surface area is 135 Å². The Kier molecular flexibility index (Phi) is 6.64. The van der Waals surface area contributed by atoms with Crippen molar-refractivity contribution in [3.05, 3.63) is 24.2 Å². The Bertz CT molecular complexity index is 490. The van der Waals surface area contributed by atoms with Gasteiger partial charge in [-0.1, -0.05) is 0 Å². The first kappa shape index (κ1) is 16.7. The summed E-state index contributed by atoms with van der Waals surface area (Å²) in [6, 6.07) is 4.07. The maximum absolute atomic E-state index is 11.8. The minimum Gasteiger partial charge on any atom is -0.467 e. The molecule has 2 unspecified atom stereocenters. The first-order valence-electron chi connectivity index (χ1n) is 7.50. The smallest absolute Gasteiger partial charge is 0.239 e. The van der Waals surface area contributed by atoms with Gasteiger partial charge in [0.25, 0.3) is 0 Å². The first-order valence-corrected chi connectivity index (χ1v) is 8.79. The molecule has 0 radical (unpaired) electrons. The van der Waals surface area contributed by atoms with Gasteiger partial charge in [0.15, 0.2) is 5.96 Å². The molecule has 1 heterocycles. The van der Waals surface area contributed by atoms with Gasteiger partial charge in [0.05, 0.1) is 19.4 Å². The largest absolute Gasteiger partial charge is 0.467 e. The van der Waals surface area contributed by atoms with E-state index in [9.17, 15) is 4.79 Å². The number of hydrogen-bond donors (Lipinski definition) is 3. The molecule has 1 saturated carbocycles. The van der Waals surface area contributed by atoms with E-state index in [1.54, 1.807) is 19.4 Å². The molecular weight excluding hydrogens is 300 g/mol. The molecule has 6 nitrogen and oxygen atoms in total. The molecule has 3 N–H and O–H groups in total. The van der Waals surface area contributed by atoms with Crippen molar-refractivity contribution in [1.29, 1.82) is 0 Å². The van der Waals surface area contributed by atoms with Crippen LogP contribution in [0.4, 0.5) is 0 Å². The molecule has 1 aliphatic carbocycles. The van der Waals surface area contributed by atoms with Crippen molar-refractivity contribution in [2.45, 2.75) is 37.1 Å². The highest BCUT2D eigenvalue weighted by atomic mass is 32.2. The molecule has 22 heavy (non-hydrogen) atoms. The fourth-order valence-electron chi connectivity index (χ4n) is 2.50. The van der Waals surface area contributed by atoms with E-state index in [4.69, 9.17) is 4.42 Å². The summed E-state index contributed by atoms with van der Waals surface area (Å²) in [6.45, 7) is 0.594. The monoisotopic (exact) mass is 324 g/mol. The normalized spacial score (nSPS) is 21.6. The molecule has 0 bridgehead atoms. The number of aliphatic imine (C=N–C) groups is 1. The van der Waals surface area contributed by atoms with Gasteiger partial charge in [-0.25, -0.2) is 0 Å². The van der Waals surface area contributed by atoms with E-state index in [1.165, 1.54) is 6.42 Å². The van der Waals surface area contributed by atoms with E-state index in [-0.39, 0.29) is 12.5 Å². The summed E-state index contributed by atoms with van der Waals surface area (Å²) >= 11 is 1.92. The van der Waals surface area contributed by atoms with Crippen LogP contribution in [0.1, 0.15) is 25.0 Å². The molecule has 1 fully saturated rings. The summed E-state index contributed by atoms with van der Waals surface area (Å²) in [6.07, 6.45) is 7.28. The van der Waals surface area contributed by atoms with Gasteiger partial charge in [0, 0.05) is 18.3 Å².